The van der Waals surface area contributed by atoms with Gasteiger partial charge in [0, 0.05) is 0 Å². The van der Waals surface area contributed by atoms with E-state index in [-0.39, 0.29) is 11.2 Å². The molecule has 1 fully saturated rings. The highest BCUT2D eigenvalue weighted by atomic mass is 31.3. The molecule has 0 aliphatic carbocycles. The highest BCUT2D eigenvalue weighted by molar-refractivity contribution is 7.66. The summed E-state index contributed by atoms with van der Waals surface area (Å²) in [4.78, 5) is 70.1. The van der Waals surface area contributed by atoms with E-state index < -0.39 is 71.8 Å². The molecular weight excluding hydrogens is 609 g/mol. The molecule has 2 unspecified atom stereocenters. The van der Waals surface area contributed by atoms with Crippen LogP contribution in [0.15, 0.2) is 9.59 Å². The number of aliphatic hydroxyl groups excluding tert-OH is 2. The highest BCUT2D eigenvalue weighted by Crippen LogP contribution is 2.66. The third-order valence-electron chi connectivity index (χ3n) is 5.35. The van der Waals surface area contributed by atoms with Crippen molar-refractivity contribution in [3.05, 3.63) is 20.8 Å². The van der Waals surface area contributed by atoms with Crippen LogP contribution in [0.25, 0.3) is 11.2 Å². The van der Waals surface area contributed by atoms with Crippen molar-refractivity contribution in [3.63, 3.8) is 0 Å². The minimum absolute atomic E-state index is 0.337. The molecule has 6 atom stereocenters. The van der Waals surface area contributed by atoms with Crippen molar-refractivity contribution in [3.8, 4) is 0 Å². The number of aliphatic hydroxyl groups is 2. The summed E-state index contributed by atoms with van der Waals surface area (Å²) in [5, 5.41) is 20.4. The number of nitrogens with zero attached hydrogens (tertiary/aromatic N) is 3. The van der Waals surface area contributed by atoms with Crippen LogP contribution in [0.3, 0.4) is 0 Å². The SMILES string of the molecule is CCN(CC)CC.Nc1nc2c([nH]c(=O)n2[C@@H]2O[C@H](COP(=O)(O)OP(=O)(O)OP(=O)(O)O)[C@@H](O)[C@H]2O)c(=O)[nH]1. The van der Waals surface area contributed by atoms with Gasteiger partial charge in [-0.25, -0.2) is 23.1 Å². The van der Waals surface area contributed by atoms with Crippen molar-refractivity contribution in [1.82, 2.24) is 24.4 Å². The average molecular weight is 640 g/mol. The van der Waals surface area contributed by atoms with Crippen molar-refractivity contribution < 1.29 is 61.4 Å². The maximum atomic E-state index is 12.3. The zero-order valence-corrected chi connectivity index (χ0v) is 23.9. The van der Waals surface area contributed by atoms with Gasteiger partial charge in [-0.1, -0.05) is 20.8 Å². The van der Waals surface area contributed by atoms with E-state index in [0.29, 0.717) is 4.57 Å². The fourth-order valence-electron chi connectivity index (χ4n) is 3.49. The van der Waals surface area contributed by atoms with Gasteiger partial charge in [0.25, 0.3) is 5.56 Å². The van der Waals surface area contributed by atoms with E-state index in [2.05, 4.69) is 53.8 Å². The van der Waals surface area contributed by atoms with Gasteiger partial charge < -0.3 is 45.2 Å². The third kappa shape index (κ3) is 9.10. The molecule has 3 heterocycles. The second kappa shape index (κ2) is 13.5. The number of anilines is 1. The van der Waals surface area contributed by atoms with Crippen molar-refractivity contribution in [1.29, 1.82) is 0 Å². The van der Waals surface area contributed by atoms with Crippen LogP contribution in [-0.4, -0.2) is 98.8 Å². The molecule has 1 aliphatic heterocycles. The van der Waals surface area contributed by atoms with Crippen LogP contribution in [0, 0.1) is 0 Å². The lowest BCUT2D eigenvalue weighted by atomic mass is 10.1. The van der Waals surface area contributed by atoms with E-state index in [1.807, 2.05) is 0 Å². The quantitative estimate of drug-likeness (QED) is 0.124. The Morgan fingerprint density at radius 2 is 1.55 bits per heavy atom. The third-order valence-corrected chi connectivity index (χ3v) is 9.15. The van der Waals surface area contributed by atoms with Crippen molar-refractivity contribution >= 4 is 40.6 Å². The summed E-state index contributed by atoms with van der Waals surface area (Å²) in [6.45, 7) is 9.02. The van der Waals surface area contributed by atoms with E-state index in [9.17, 15) is 38.4 Å². The lowest BCUT2D eigenvalue weighted by Gasteiger charge is -2.19. The van der Waals surface area contributed by atoms with E-state index in [1.54, 1.807) is 0 Å². The van der Waals surface area contributed by atoms with E-state index >= 15 is 0 Å². The number of fused-ring (bicyclic) bond motifs is 1. The molecule has 40 heavy (non-hydrogen) atoms. The van der Waals surface area contributed by atoms with Crippen LogP contribution in [0.5, 0.6) is 0 Å². The Balaban J connectivity index is 0.000000708. The first kappa shape index (κ1) is 34.4. The Morgan fingerprint density at radius 3 is 2.05 bits per heavy atom. The summed E-state index contributed by atoms with van der Waals surface area (Å²) in [7, 11) is -16.9. The minimum atomic E-state index is -5.78. The van der Waals surface area contributed by atoms with Gasteiger partial charge in [0.05, 0.1) is 6.61 Å². The molecule has 0 spiro atoms. The molecule has 2 aromatic heterocycles. The van der Waals surface area contributed by atoms with Gasteiger partial charge in [0.1, 0.15) is 18.3 Å². The Kier molecular flexibility index (Phi) is 11.6. The molecule has 24 heteroatoms. The van der Waals surface area contributed by atoms with Crippen LogP contribution in [-0.2, 0) is 31.6 Å². The number of rotatable bonds is 11. The zero-order valence-electron chi connectivity index (χ0n) is 21.3. The number of ether oxygens (including phenoxy) is 1. The predicted molar refractivity (Wildman–Crippen MR) is 135 cm³/mol. The molecule has 0 amide bonds. The summed E-state index contributed by atoms with van der Waals surface area (Å²) in [6.07, 6.45) is -7.12. The highest BCUT2D eigenvalue weighted by Gasteiger charge is 2.47. The molecule has 0 saturated carbocycles. The lowest BCUT2D eigenvalue weighted by Crippen LogP contribution is -2.35. The second-order valence-corrected chi connectivity index (χ2v) is 12.4. The maximum absolute atomic E-state index is 12.3. The van der Waals surface area contributed by atoms with Gasteiger partial charge in [0.2, 0.25) is 5.95 Å². The number of nitrogen functional groups attached to an aromatic ring is 1. The van der Waals surface area contributed by atoms with Gasteiger partial charge in [-0.15, -0.1) is 0 Å². The predicted octanol–water partition coefficient (Wildman–Crippen LogP) is -1.69. The fourth-order valence-corrected chi connectivity index (χ4v) is 6.52. The standard InChI is InChI=1S/C10H16N5O15P3.C6H15N/c11-9-13-6-3(7(18)14-9)12-10(19)15(6)8-5(17)4(16)2(28-8)1-27-32(23,24)30-33(25,26)29-31(20,21)22;1-4-7(5-2)6-3/h2,4-5,8,16-17H,1H2,(H,12,19)(H,23,24)(H,25,26)(H2,20,21,22)(H3,11,13,14,18);4-6H2,1-3H3/t2-,4-,5-,8-;/m1./s1. The first-order chi connectivity index (χ1) is 18.3. The van der Waals surface area contributed by atoms with Crippen LogP contribution >= 0.6 is 23.5 Å². The van der Waals surface area contributed by atoms with Gasteiger partial charge in [0.15, 0.2) is 17.4 Å². The summed E-state index contributed by atoms with van der Waals surface area (Å²) in [5.74, 6) is -0.391. The van der Waals surface area contributed by atoms with Crippen LogP contribution in [0.4, 0.5) is 5.95 Å². The lowest BCUT2D eigenvalue weighted by molar-refractivity contribution is -0.0517. The first-order valence-corrected chi connectivity index (χ1v) is 15.9. The number of hydrogen-bond acceptors (Lipinski definition) is 14. The fraction of sp³-hybridized carbons (Fsp3) is 0.688. The number of phosphoric ester groups is 1. The summed E-state index contributed by atoms with van der Waals surface area (Å²) >= 11 is 0. The normalized spacial score (nSPS) is 24.4. The monoisotopic (exact) mass is 640 g/mol. The molecule has 1 saturated heterocycles. The number of aromatic amines is 2. The van der Waals surface area contributed by atoms with Gasteiger partial charge in [-0.3, -0.25) is 19.3 Å². The van der Waals surface area contributed by atoms with E-state index in [4.69, 9.17) is 25.2 Å². The molecule has 0 aromatic carbocycles. The zero-order chi connectivity index (χ0) is 30.6. The van der Waals surface area contributed by atoms with E-state index in [0.717, 1.165) is 0 Å². The Labute approximate surface area is 224 Å². The molecule has 0 radical (unpaired) electrons. The number of phosphoric acid groups is 3. The van der Waals surface area contributed by atoms with Crippen LogP contribution < -0.4 is 17.0 Å². The number of nitrogens with one attached hydrogen (secondary N) is 2. The maximum Gasteiger partial charge on any atom is 0.490 e. The van der Waals surface area contributed by atoms with Gasteiger partial charge >= 0.3 is 29.2 Å². The molecule has 10 N–H and O–H groups in total. The molecular formula is C16H31N6O15P3. The molecule has 21 nitrogen and oxygen atoms in total. The van der Waals surface area contributed by atoms with Crippen LogP contribution in [0.2, 0.25) is 0 Å². The van der Waals surface area contributed by atoms with Gasteiger partial charge in [-0.05, 0) is 19.6 Å². The number of imidazole rings is 1. The average Bonchev–Trinajstić information content (AvgIpc) is 3.27. The largest absolute Gasteiger partial charge is 0.490 e. The molecule has 1 aliphatic rings. The van der Waals surface area contributed by atoms with Crippen molar-refractivity contribution in [2.75, 3.05) is 32.0 Å². The summed E-state index contributed by atoms with van der Waals surface area (Å²) < 4.78 is 51.0. The number of hydrogen-bond donors (Lipinski definition) is 9. The first-order valence-electron chi connectivity index (χ1n) is 11.4. The summed E-state index contributed by atoms with van der Waals surface area (Å²) in [5.41, 5.74) is 2.91. The molecule has 2 aromatic rings. The van der Waals surface area contributed by atoms with Crippen molar-refractivity contribution in [2.24, 2.45) is 0 Å². The molecule has 0 bridgehead atoms. The van der Waals surface area contributed by atoms with Crippen molar-refractivity contribution in [2.45, 2.75) is 45.3 Å². The number of nitrogens with two attached hydrogens (primary N) is 1. The topological polar surface area (TPSA) is 322 Å². The molecule has 3 rings (SSSR count). The number of H-pyrrole nitrogens is 2. The Hall–Kier alpha value is -1.80. The number of aromatic nitrogens is 4. The summed E-state index contributed by atoms with van der Waals surface area (Å²) in [6, 6.07) is 0. The Bertz CT molecular complexity index is 1410. The minimum Gasteiger partial charge on any atom is -0.387 e. The van der Waals surface area contributed by atoms with Crippen LogP contribution in [0.1, 0.15) is 27.0 Å². The second-order valence-electron chi connectivity index (χ2n) is 8.00. The van der Waals surface area contributed by atoms with Gasteiger partial charge in [-0.2, -0.15) is 13.6 Å². The smallest absolute Gasteiger partial charge is 0.387 e. The van der Waals surface area contributed by atoms with E-state index in [1.165, 1.54) is 19.6 Å². The molecule has 230 valence electrons. The Morgan fingerprint density at radius 1 is 0.975 bits per heavy atom.